The van der Waals surface area contributed by atoms with Crippen LogP contribution in [0.4, 0.5) is 5.69 Å². The lowest BCUT2D eigenvalue weighted by molar-refractivity contribution is 0.117. The first-order valence-corrected chi connectivity index (χ1v) is 7.38. The molecule has 0 aliphatic carbocycles. The first-order valence-electron chi connectivity index (χ1n) is 5.90. The van der Waals surface area contributed by atoms with Crippen molar-refractivity contribution < 1.29 is 13.2 Å². The molecule has 0 aromatic heterocycles. The van der Waals surface area contributed by atoms with Crippen LogP contribution in [0.25, 0.3) is 0 Å². The third-order valence-electron chi connectivity index (χ3n) is 3.17. The van der Waals surface area contributed by atoms with E-state index in [1.807, 2.05) is 6.92 Å². The molecule has 1 saturated heterocycles. The largest absolute Gasteiger partial charge is 0.399 e. The van der Waals surface area contributed by atoms with Crippen molar-refractivity contribution in [3.8, 4) is 0 Å². The summed E-state index contributed by atoms with van der Waals surface area (Å²) in [5, 5.41) is 0. The molecule has 0 saturated carbocycles. The highest BCUT2D eigenvalue weighted by molar-refractivity contribution is 7.89. The molecule has 100 valence electrons. The van der Waals surface area contributed by atoms with Gasteiger partial charge in [-0.2, -0.15) is 0 Å². The number of nitrogens with two attached hydrogens (primary N) is 1. The minimum atomic E-state index is -3.51. The van der Waals surface area contributed by atoms with Gasteiger partial charge in [0.25, 0.3) is 0 Å². The van der Waals surface area contributed by atoms with Crippen LogP contribution in [0.1, 0.15) is 18.9 Å². The molecule has 1 fully saturated rings. The maximum atomic E-state index is 12.3. The van der Waals surface area contributed by atoms with Crippen LogP contribution in [0, 0.1) is 6.92 Å². The first kappa shape index (κ1) is 13.3. The van der Waals surface area contributed by atoms with Crippen molar-refractivity contribution in [2.24, 2.45) is 0 Å². The molecule has 0 amide bonds. The van der Waals surface area contributed by atoms with Gasteiger partial charge in [-0.05, 0) is 44.0 Å². The Morgan fingerprint density at radius 2 is 2.17 bits per heavy atom. The summed E-state index contributed by atoms with van der Waals surface area (Å²) in [4.78, 5) is 0.274. The Morgan fingerprint density at radius 3 is 2.72 bits per heavy atom. The fourth-order valence-electron chi connectivity index (χ4n) is 2.12. The van der Waals surface area contributed by atoms with E-state index in [1.54, 1.807) is 19.1 Å². The molecule has 2 rings (SSSR count). The third kappa shape index (κ3) is 2.66. The molecular weight excluding hydrogens is 252 g/mol. The van der Waals surface area contributed by atoms with Crippen LogP contribution in [0.5, 0.6) is 0 Å². The summed E-state index contributed by atoms with van der Waals surface area (Å²) < 4.78 is 32.6. The molecule has 1 aliphatic heterocycles. The number of nitrogen functional groups attached to an aromatic ring is 1. The Bertz CT molecular complexity index is 542. The number of rotatable bonds is 3. The van der Waals surface area contributed by atoms with Gasteiger partial charge in [0.15, 0.2) is 0 Å². The second-order valence-electron chi connectivity index (χ2n) is 4.62. The summed E-state index contributed by atoms with van der Waals surface area (Å²) in [6, 6.07) is 4.62. The molecule has 5 nitrogen and oxygen atoms in total. The molecular formula is C12H18N2O3S. The first-order chi connectivity index (χ1) is 8.40. The second kappa shape index (κ2) is 4.87. The van der Waals surface area contributed by atoms with Crippen molar-refractivity contribution in [2.75, 3.05) is 12.3 Å². The predicted molar refractivity (Wildman–Crippen MR) is 69.7 cm³/mol. The van der Waals surface area contributed by atoms with Gasteiger partial charge in [0.05, 0.1) is 17.0 Å². The van der Waals surface area contributed by atoms with Gasteiger partial charge in [-0.25, -0.2) is 13.1 Å². The normalized spacial score (nSPS) is 24.3. The fourth-order valence-corrected chi connectivity index (χ4v) is 3.69. The molecule has 1 aromatic rings. The van der Waals surface area contributed by atoms with Gasteiger partial charge >= 0.3 is 0 Å². The van der Waals surface area contributed by atoms with Gasteiger partial charge in [0.1, 0.15) is 0 Å². The van der Waals surface area contributed by atoms with Crippen molar-refractivity contribution >= 4 is 15.7 Å². The number of hydrogen-bond donors (Lipinski definition) is 2. The smallest absolute Gasteiger partial charge is 0.241 e. The van der Waals surface area contributed by atoms with E-state index in [4.69, 9.17) is 10.5 Å². The van der Waals surface area contributed by atoms with Crippen molar-refractivity contribution in [1.29, 1.82) is 0 Å². The van der Waals surface area contributed by atoms with Crippen molar-refractivity contribution in [1.82, 2.24) is 4.72 Å². The lowest BCUT2D eigenvalue weighted by atomic mass is 10.2. The maximum absolute atomic E-state index is 12.3. The third-order valence-corrected chi connectivity index (χ3v) is 4.82. The van der Waals surface area contributed by atoms with Gasteiger partial charge in [-0.3, -0.25) is 0 Å². The zero-order valence-corrected chi connectivity index (χ0v) is 11.3. The molecule has 0 spiro atoms. The topological polar surface area (TPSA) is 81.4 Å². The molecule has 0 bridgehead atoms. The lowest BCUT2D eigenvalue weighted by Crippen LogP contribution is -2.39. The molecule has 3 N–H and O–H groups in total. The molecule has 0 radical (unpaired) electrons. The highest BCUT2D eigenvalue weighted by Crippen LogP contribution is 2.20. The summed E-state index contributed by atoms with van der Waals surface area (Å²) >= 11 is 0. The summed E-state index contributed by atoms with van der Waals surface area (Å²) in [5.41, 5.74) is 6.83. The minimum absolute atomic E-state index is 0.0890. The van der Waals surface area contributed by atoms with E-state index in [-0.39, 0.29) is 17.0 Å². The highest BCUT2D eigenvalue weighted by atomic mass is 32.2. The summed E-state index contributed by atoms with van der Waals surface area (Å²) in [5.74, 6) is 0. The van der Waals surface area contributed by atoms with Crippen molar-refractivity contribution in [3.63, 3.8) is 0 Å². The van der Waals surface area contributed by atoms with E-state index in [2.05, 4.69) is 4.72 Å². The Morgan fingerprint density at radius 1 is 1.44 bits per heavy atom. The number of anilines is 1. The van der Waals surface area contributed by atoms with Crippen molar-refractivity contribution in [2.45, 2.75) is 37.3 Å². The van der Waals surface area contributed by atoms with E-state index in [0.29, 0.717) is 24.3 Å². The number of nitrogens with one attached hydrogen (secondary N) is 1. The van der Waals surface area contributed by atoms with Crippen LogP contribution in [0.2, 0.25) is 0 Å². The molecule has 1 aromatic carbocycles. The van der Waals surface area contributed by atoms with Crippen LogP contribution in [0.15, 0.2) is 23.1 Å². The Hall–Kier alpha value is -1.11. The number of aryl methyl sites for hydroxylation is 1. The van der Waals surface area contributed by atoms with E-state index in [1.165, 1.54) is 6.07 Å². The highest BCUT2D eigenvalue weighted by Gasteiger charge is 2.29. The SMILES string of the molecule is Cc1cc(N)ccc1S(=O)(=O)NC1CCOC1C. The summed E-state index contributed by atoms with van der Waals surface area (Å²) in [7, 11) is -3.51. The van der Waals surface area contributed by atoms with Gasteiger partial charge < -0.3 is 10.5 Å². The molecule has 18 heavy (non-hydrogen) atoms. The van der Waals surface area contributed by atoms with Gasteiger partial charge in [-0.1, -0.05) is 0 Å². The van der Waals surface area contributed by atoms with Gasteiger partial charge in [0, 0.05) is 12.3 Å². The predicted octanol–water partition coefficient (Wildman–Crippen LogP) is 1.03. The van der Waals surface area contributed by atoms with Crippen LogP contribution in [-0.4, -0.2) is 27.2 Å². The Balaban J connectivity index is 2.25. The standard InChI is InChI=1S/C12H18N2O3S/c1-8-7-10(13)3-4-12(8)18(15,16)14-11-5-6-17-9(11)2/h3-4,7,9,11,14H,5-6,13H2,1-2H3. The zero-order chi connectivity index (χ0) is 13.3. The second-order valence-corrected chi connectivity index (χ2v) is 6.30. The van der Waals surface area contributed by atoms with E-state index in [9.17, 15) is 8.42 Å². The number of ether oxygens (including phenoxy) is 1. The van der Waals surface area contributed by atoms with E-state index in [0.717, 1.165) is 0 Å². The van der Waals surface area contributed by atoms with Crippen LogP contribution in [-0.2, 0) is 14.8 Å². The summed E-state index contributed by atoms with van der Waals surface area (Å²) in [6.45, 7) is 4.20. The maximum Gasteiger partial charge on any atom is 0.241 e. The van der Waals surface area contributed by atoms with Crippen molar-refractivity contribution in [3.05, 3.63) is 23.8 Å². The lowest BCUT2D eigenvalue weighted by Gasteiger charge is -2.17. The van der Waals surface area contributed by atoms with Crippen LogP contribution >= 0.6 is 0 Å². The van der Waals surface area contributed by atoms with E-state index < -0.39 is 10.0 Å². The van der Waals surface area contributed by atoms with Crippen LogP contribution in [0.3, 0.4) is 0 Å². The van der Waals surface area contributed by atoms with E-state index >= 15 is 0 Å². The summed E-state index contributed by atoms with van der Waals surface area (Å²) in [6.07, 6.45) is 0.614. The molecule has 2 atom stereocenters. The Labute approximate surface area is 107 Å². The van der Waals surface area contributed by atoms with Gasteiger partial charge in [0.2, 0.25) is 10.0 Å². The number of benzene rings is 1. The van der Waals surface area contributed by atoms with Gasteiger partial charge in [-0.15, -0.1) is 0 Å². The molecule has 1 heterocycles. The monoisotopic (exact) mass is 270 g/mol. The van der Waals surface area contributed by atoms with Crippen LogP contribution < -0.4 is 10.5 Å². The molecule has 6 heteroatoms. The zero-order valence-electron chi connectivity index (χ0n) is 10.5. The molecule has 1 aliphatic rings. The quantitative estimate of drug-likeness (QED) is 0.804. The Kier molecular flexibility index (Phi) is 3.61. The number of sulfonamides is 1. The average Bonchev–Trinajstić information content (AvgIpc) is 2.63. The average molecular weight is 270 g/mol. The molecule has 2 unspecified atom stereocenters. The minimum Gasteiger partial charge on any atom is -0.399 e. The number of hydrogen-bond acceptors (Lipinski definition) is 4. The fraction of sp³-hybridized carbons (Fsp3) is 0.500.